The van der Waals surface area contributed by atoms with Crippen LogP contribution in [0.15, 0.2) is 30.3 Å². The molecule has 1 atom stereocenters. The fourth-order valence-electron chi connectivity index (χ4n) is 3.13. The Morgan fingerprint density at radius 3 is 2.67 bits per heavy atom. The second-order valence-electron chi connectivity index (χ2n) is 6.75. The molecular formula is C19H31N3O2. The Labute approximate surface area is 145 Å². The molecule has 0 radical (unpaired) electrons. The molecule has 1 aliphatic rings. The van der Waals surface area contributed by atoms with Gasteiger partial charge in [-0.15, -0.1) is 0 Å². The Hall–Kier alpha value is -1.59. The van der Waals surface area contributed by atoms with Crippen LogP contribution in [-0.4, -0.2) is 48.8 Å². The summed E-state index contributed by atoms with van der Waals surface area (Å²) in [5.41, 5.74) is 1.08. The monoisotopic (exact) mass is 333 g/mol. The van der Waals surface area contributed by atoms with Crippen LogP contribution in [0, 0.1) is 5.92 Å². The van der Waals surface area contributed by atoms with E-state index < -0.39 is 0 Å². The van der Waals surface area contributed by atoms with E-state index in [0.717, 1.165) is 37.5 Å². The zero-order chi connectivity index (χ0) is 17.2. The van der Waals surface area contributed by atoms with Crippen LogP contribution in [0.2, 0.25) is 0 Å². The maximum atomic E-state index is 12.2. The molecular weight excluding hydrogens is 302 g/mol. The summed E-state index contributed by atoms with van der Waals surface area (Å²) in [6.45, 7) is 6.29. The van der Waals surface area contributed by atoms with Crippen molar-refractivity contribution in [2.75, 3.05) is 32.8 Å². The van der Waals surface area contributed by atoms with Crippen LogP contribution in [0.1, 0.15) is 44.2 Å². The quantitative estimate of drug-likeness (QED) is 0.685. The smallest absolute Gasteiger partial charge is 0.315 e. The number of amides is 2. The van der Waals surface area contributed by atoms with Crippen LogP contribution in [0.3, 0.4) is 0 Å². The van der Waals surface area contributed by atoms with Crippen LogP contribution in [0.5, 0.6) is 0 Å². The summed E-state index contributed by atoms with van der Waals surface area (Å²) < 4.78 is 0. The predicted octanol–water partition coefficient (Wildman–Crippen LogP) is 2.53. The fraction of sp³-hybridized carbons (Fsp3) is 0.632. The third kappa shape index (κ3) is 6.49. The lowest BCUT2D eigenvalue weighted by Crippen LogP contribution is -2.43. The third-order valence-electron chi connectivity index (χ3n) is 4.75. The minimum Gasteiger partial charge on any atom is -0.396 e. The molecule has 0 spiro atoms. The largest absolute Gasteiger partial charge is 0.396 e. The molecule has 2 rings (SSSR count). The van der Waals surface area contributed by atoms with Crippen molar-refractivity contribution < 1.29 is 9.90 Å². The molecule has 0 aliphatic carbocycles. The van der Waals surface area contributed by atoms with Crippen molar-refractivity contribution in [3.05, 3.63) is 35.9 Å². The van der Waals surface area contributed by atoms with Gasteiger partial charge in [0.2, 0.25) is 0 Å². The molecule has 0 saturated carbocycles. The first-order valence-electron chi connectivity index (χ1n) is 9.11. The van der Waals surface area contributed by atoms with E-state index in [-0.39, 0.29) is 18.7 Å². The highest BCUT2D eigenvalue weighted by atomic mass is 16.3. The van der Waals surface area contributed by atoms with Gasteiger partial charge in [0.05, 0.1) is 6.04 Å². The lowest BCUT2D eigenvalue weighted by atomic mass is 9.99. The van der Waals surface area contributed by atoms with E-state index in [4.69, 9.17) is 5.11 Å². The van der Waals surface area contributed by atoms with E-state index >= 15 is 0 Å². The predicted molar refractivity (Wildman–Crippen MR) is 96.9 cm³/mol. The SMILES string of the molecule is CC1CCN(CCNC(=O)NC(CCCO)c2ccccc2)CC1. The molecule has 1 aliphatic heterocycles. The van der Waals surface area contributed by atoms with E-state index in [9.17, 15) is 4.79 Å². The molecule has 5 heteroatoms. The van der Waals surface area contributed by atoms with Crippen molar-refractivity contribution in [3.63, 3.8) is 0 Å². The van der Waals surface area contributed by atoms with E-state index in [1.807, 2.05) is 30.3 Å². The van der Waals surface area contributed by atoms with Gasteiger partial charge >= 0.3 is 6.03 Å². The maximum Gasteiger partial charge on any atom is 0.315 e. The Kier molecular flexibility index (Phi) is 8.05. The van der Waals surface area contributed by atoms with Gasteiger partial charge in [0.15, 0.2) is 0 Å². The minimum atomic E-state index is -0.132. The van der Waals surface area contributed by atoms with Crippen molar-refractivity contribution in [1.82, 2.24) is 15.5 Å². The van der Waals surface area contributed by atoms with Crippen molar-refractivity contribution >= 4 is 6.03 Å². The number of carbonyl (C=O) groups excluding carboxylic acids is 1. The van der Waals surface area contributed by atoms with Crippen LogP contribution in [0.4, 0.5) is 4.79 Å². The Bertz CT molecular complexity index is 473. The standard InChI is InChI=1S/C19H31N3O2/c1-16-9-12-22(13-10-16)14-11-20-19(24)21-18(8-5-15-23)17-6-3-2-4-7-17/h2-4,6-7,16,18,23H,5,8-15H2,1H3,(H2,20,21,24). The average molecular weight is 333 g/mol. The van der Waals surface area contributed by atoms with Gasteiger partial charge in [-0.3, -0.25) is 0 Å². The number of nitrogens with one attached hydrogen (secondary N) is 2. The number of hydrogen-bond donors (Lipinski definition) is 3. The number of nitrogens with zero attached hydrogens (tertiary/aromatic N) is 1. The van der Waals surface area contributed by atoms with Gasteiger partial charge in [0.1, 0.15) is 0 Å². The van der Waals surface area contributed by atoms with Crippen molar-refractivity contribution in [1.29, 1.82) is 0 Å². The van der Waals surface area contributed by atoms with Crippen LogP contribution >= 0.6 is 0 Å². The van der Waals surface area contributed by atoms with Gasteiger partial charge in [0, 0.05) is 19.7 Å². The zero-order valence-corrected chi connectivity index (χ0v) is 14.7. The normalized spacial score (nSPS) is 17.4. The second-order valence-corrected chi connectivity index (χ2v) is 6.75. The Morgan fingerprint density at radius 2 is 2.00 bits per heavy atom. The van der Waals surface area contributed by atoms with Crippen molar-refractivity contribution in [2.24, 2.45) is 5.92 Å². The summed E-state index contributed by atoms with van der Waals surface area (Å²) in [6.07, 6.45) is 3.91. The summed E-state index contributed by atoms with van der Waals surface area (Å²) in [4.78, 5) is 14.6. The summed E-state index contributed by atoms with van der Waals surface area (Å²) in [7, 11) is 0. The number of rotatable bonds is 8. The van der Waals surface area contributed by atoms with E-state index in [1.54, 1.807) is 0 Å². The molecule has 3 N–H and O–H groups in total. The molecule has 0 aromatic heterocycles. The lowest BCUT2D eigenvalue weighted by Gasteiger charge is -2.30. The minimum absolute atomic E-state index is 0.0609. The molecule has 2 amide bonds. The lowest BCUT2D eigenvalue weighted by molar-refractivity contribution is 0.191. The second kappa shape index (κ2) is 10.3. The molecule has 134 valence electrons. The maximum absolute atomic E-state index is 12.2. The van der Waals surface area contributed by atoms with Crippen LogP contribution in [0.25, 0.3) is 0 Å². The van der Waals surface area contributed by atoms with E-state index in [2.05, 4.69) is 22.5 Å². The molecule has 0 bridgehead atoms. The molecule has 1 saturated heterocycles. The molecule has 1 heterocycles. The first-order chi connectivity index (χ1) is 11.7. The van der Waals surface area contributed by atoms with Gasteiger partial charge in [-0.2, -0.15) is 0 Å². The molecule has 1 aromatic carbocycles. The zero-order valence-electron chi connectivity index (χ0n) is 14.7. The number of urea groups is 1. The Balaban J connectivity index is 1.73. The highest BCUT2D eigenvalue weighted by molar-refractivity contribution is 5.74. The van der Waals surface area contributed by atoms with Crippen molar-refractivity contribution in [3.8, 4) is 0 Å². The number of aliphatic hydroxyl groups excluding tert-OH is 1. The molecule has 5 nitrogen and oxygen atoms in total. The van der Waals surface area contributed by atoms with Gasteiger partial charge in [-0.05, 0) is 50.3 Å². The summed E-state index contributed by atoms with van der Waals surface area (Å²) in [6, 6.07) is 9.73. The summed E-state index contributed by atoms with van der Waals surface area (Å²) in [5, 5.41) is 15.1. The van der Waals surface area contributed by atoms with Gasteiger partial charge < -0.3 is 20.6 Å². The number of likely N-dealkylation sites (tertiary alicyclic amines) is 1. The highest BCUT2D eigenvalue weighted by Crippen LogP contribution is 2.18. The number of aliphatic hydroxyl groups is 1. The number of benzene rings is 1. The van der Waals surface area contributed by atoms with E-state index in [1.165, 1.54) is 12.8 Å². The van der Waals surface area contributed by atoms with Gasteiger partial charge in [-0.1, -0.05) is 37.3 Å². The molecule has 1 unspecified atom stereocenters. The first-order valence-corrected chi connectivity index (χ1v) is 9.11. The fourth-order valence-corrected chi connectivity index (χ4v) is 3.13. The summed E-state index contributed by atoms with van der Waals surface area (Å²) in [5.74, 6) is 0.829. The molecule has 1 aromatic rings. The highest BCUT2D eigenvalue weighted by Gasteiger charge is 2.16. The van der Waals surface area contributed by atoms with E-state index in [0.29, 0.717) is 13.0 Å². The average Bonchev–Trinajstić information content (AvgIpc) is 2.61. The van der Waals surface area contributed by atoms with Gasteiger partial charge in [-0.25, -0.2) is 4.79 Å². The first kappa shape index (κ1) is 18.7. The van der Waals surface area contributed by atoms with Crippen LogP contribution in [-0.2, 0) is 0 Å². The number of hydrogen-bond acceptors (Lipinski definition) is 3. The third-order valence-corrected chi connectivity index (χ3v) is 4.75. The van der Waals surface area contributed by atoms with Crippen molar-refractivity contribution in [2.45, 2.75) is 38.6 Å². The molecule has 24 heavy (non-hydrogen) atoms. The topological polar surface area (TPSA) is 64.6 Å². The van der Waals surface area contributed by atoms with Crippen LogP contribution < -0.4 is 10.6 Å². The number of carbonyl (C=O) groups is 1. The molecule has 1 fully saturated rings. The summed E-state index contributed by atoms with van der Waals surface area (Å²) >= 11 is 0. The number of piperidine rings is 1. The van der Waals surface area contributed by atoms with Gasteiger partial charge in [0.25, 0.3) is 0 Å². The Morgan fingerprint density at radius 1 is 1.29 bits per heavy atom.